The summed E-state index contributed by atoms with van der Waals surface area (Å²) in [4.78, 5) is 2.28. The summed E-state index contributed by atoms with van der Waals surface area (Å²) in [6, 6.07) is 8.16. The van der Waals surface area contributed by atoms with Gasteiger partial charge in [0, 0.05) is 18.0 Å². The number of hydrogen-bond donors (Lipinski definition) is 1. The number of methoxy groups -OCH3 is 1. The van der Waals surface area contributed by atoms with Gasteiger partial charge < -0.3 is 19.0 Å². The maximum atomic E-state index is 9.24. The molecule has 3 rings (SSSR count). The number of fused-ring (bicyclic) bond motifs is 1. The van der Waals surface area contributed by atoms with Gasteiger partial charge in [-0.1, -0.05) is 0 Å². The van der Waals surface area contributed by atoms with Gasteiger partial charge in [-0.2, -0.15) is 0 Å². The Morgan fingerprint density at radius 3 is 3.00 bits per heavy atom. The van der Waals surface area contributed by atoms with Crippen molar-refractivity contribution in [2.45, 2.75) is 25.6 Å². The molecule has 2 heterocycles. The fraction of sp³-hybridized carbons (Fsp3) is 0.500. The molecule has 1 fully saturated rings. The SMILES string of the molecule is COc1ccc2oc(CN3CC(CO)OCC3C)cc2c1. The minimum atomic E-state index is -0.106. The Bertz CT molecular complexity index is 609. The van der Waals surface area contributed by atoms with E-state index in [1.165, 1.54) is 0 Å². The Labute approximate surface area is 124 Å². The van der Waals surface area contributed by atoms with Gasteiger partial charge >= 0.3 is 0 Å². The van der Waals surface area contributed by atoms with Crippen molar-refractivity contribution in [1.29, 1.82) is 0 Å². The van der Waals surface area contributed by atoms with Crippen LogP contribution in [0.1, 0.15) is 12.7 Å². The smallest absolute Gasteiger partial charge is 0.134 e. The number of nitrogens with zero attached hydrogens (tertiary/aromatic N) is 1. The number of benzene rings is 1. The molecule has 0 radical (unpaired) electrons. The maximum absolute atomic E-state index is 9.24. The van der Waals surface area contributed by atoms with Crippen LogP contribution in [0.3, 0.4) is 0 Å². The third kappa shape index (κ3) is 3.05. The number of furan rings is 1. The van der Waals surface area contributed by atoms with Gasteiger partial charge in [0.05, 0.1) is 33.0 Å². The van der Waals surface area contributed by atoms with Gasteiger partial charge in [-0.15, -0.1) is 0 Å². The van der Waals surface area contributed by atoms with E-state index in [0.717, 1.165) is 35.6 Å². The van der Waals surface area contributed by atoms with Crippen LogP contribution in [0.5, 0.6) is 5.75 Å². The molecule has 1 aliphatic rings. The first-order valence-corrected chi connectivity index (χ1v) is 7.22. The first kappa shape index (κ1) is 14.4. The minimum Gasteiger partial charge on any atom is -0.497 e. The lowest BCUT2D eigenvalue weighted by Crippen LogP contribution is -2.48. The molecule has 1 saturated heterocycles. The van der Waals surface area contributed by atoms with Crippen LogP contribution in [0.25, 0.3) is 11.0 Å². The topological polar surface area (TPSA) is 55.1 Å². The van der Waals surface area contributed by atoms with Crippen LogP contribution in [0.4, 0.5) is 0 Å². The minimum absolute atomic E-state index is 0.0561. The molecule has 0 saturated carbocycles. The second-order valence-electron chi connectivity index (χ2n) is 5.53. The zero-order valence-electron chi connectivity index (χ0n) is 12.4. The summed E-state index contributed by atoms with van der Waals surface area (Å²) >= 11 is 0. The highest BCUT2D eigenvalue weighted by Crippen LogP contribution is 2.26. The summed E-state index contributed by atoms with van der Waals surface area (Å²) in [7, 11) is 1.66. The van der Waals surface area contributed by atoms with Gasteiger partial charge in [0.1, 0.15) is 17.1 Å². The average Bonchev–Trinajstić information content (AvgIpc) is 2.90. The standard InChI is InChI=1S/C16H21NO4/c1-11-10-20-15(9-18)8-17(11)7-14-6-12-5-13(19-2)3-4-16(12)21-14/h3-6,11,15,18H,7-10H2,1-2H3. The predicted molar refractivity (Wildman–Crippen MR) is 79.5 cm³/mol. The van der Waals surface area contributed by atoms with Gasteiger partial charge in [-0.25, -0.2) is 0 Å². The normalized spacial score (nSPS) is 23.6. The summed E-state index contributed by atoms with van der Waals surface area (Å²) < 4.78 is 16.7. The Balaban J connectivity index is 1.77. The molecule has 0 aliphatic carbocycles. The highest BCUT2D eigenvalue weighted by atomic mass is 16.5. The maximum Gasteiger partial charge on any atom is 0.134 e. The van der Waals surface area contributed by atoms with E-state index < -0.39 is 0 Å². The zero-order chi connectivity index (χ0) is 14.8. The summed E-state index contributed by atoms with van der Waals surface area (Å²) in [5, 5.41) is 10.3. The molecule has 5 heteroatoms. The molecule has 1 aliphatic heterocycles. The highest BCUT2D eigenvalue weighted by Gasteiger charge is 2.26. The average molecular weight is 291 g/mol. The van der Waals surface area contributed by atoms with Crippen LogP contribution < -0.4 is 4.74 Å². The van der Waals surface area contributed by atoms with Crippen molar-refractivity contribution in [3.63, 3.8) is 0 Å². The number of rotatable bonds is 4. The van der Waals surface area contributed by atoms with Gasteiger partial charge in [-0.3, -0.25) is 4.90 Å². The van der Waals surface area contributed by atoms with Crippen molar-refractivity contribution in [2.24, 2.45) is 0 Å². The quantitative estimate of drug-likeness (QED) is 0.934. The number of ether oxygens (including phenoxy) is 2. The van der Waals surface area contributed by atoms with E-state index in [4.69, 9.17) is 13.9 Å². The van der Waals surface area contributed by atoms with Crippen molar-refractivity contribution in [3.05, 3.63) is 30.0 Å². The molecule has 0 amide bonds. The molecular weight excluding hydrogens is 270 g/mol. The second kappa shape index (κ2) is 6.05. The summed E-state index contributed by atoms with van der Waals surface area (Å²) in [5.74, 6) is 1.75. The first-order valence-electron chi connectivity index (χ1n) is 7.22. The van der Waals surface area contributed by atoms with Crippen molar-refractivity contribution in [3.8, 4) is 5.75 Å². The lowest BCUT2D eigenvalue weighted by molar-refractivity contribution is -0.0819. The Morgan fingerprint density at radius 1 is 1.38 bits per heavy atom. The predicted octanol–water partition coefficient (Wildman–Crippen LogP) is 2.02. The van der Waals surface area contributed by atoms with E-state index in [0.29, 0.717) is 12.6 Å². The largest absolute Gasteiger partial charge is 0.497 e. The summed E-state index contributed by atoms with van der Waals surface area (Å²) in [6.45, 7) is 4.26. The first-order chi connectivity index (χ1) is 10.2. The number of aliphatic hydroxyl groups excluding tert-OH is 1. The second-order valence-corrected chi connectivity index (χ2v) is 5.53. The van der Waals surface area contributed by atoms with Gasteiger partial charge in [0.25, 0.3) is 0 Å². The molecule has 2 atom stereocenters. The summed E-state index contributed by atoms with van der Waals surface area (Å²) in [6.07, 6.45) is -0.106. The van der Waals surface area contributed by atoms with Crippen LogP contribution in [-0.4, -0.2) is 49.0 Å². The van der Waals surface area contributed by atoms with Gasteiger partial charge in [-0.05, 0) is 31.2 Å². The van der Waals surface area contributed by atoms with Crippen molar-refractivity contribution in [1.82, 2.24) is 4.90 Å². The zero-order valence-corrected chi connectivity index (χ0v) is 12.4. The van der Waals surface area contributed by atoms with Crippen LogP contribution in [0.2, 0.25) is 0 Å². The highest BCUT2D eigenvalue weighted by molar-refractivity contribution is 5.79. The van der Waals surface area contributed by atoms with Crippen LogP contribution in [0, 0.1) is 0 Å². The molecular formula is C16H21NO4. The molecule has 1 N–H and O–H groups in total. The van der Waals surface area contributed by atoms with Gasteiger partial charge in [0.2, 0.25) is 0 Å². The molecule has 5 nitrogen and oxygen atoms in total. The lowest BCUT2D eigenvalue weighted by atomic mass is 10.2. The van der Waals surface area contributed by atoms with Gasteiger partial charge in [0.15, 0.2) is 0 Å². The molecule has 2 aromatic rings. The fourth-order valence-corrected chi connectivity index (χ4v) is 2.69. The van der Waals surface area contributed by atoms with Crippen molar-refractivity contribution in [2.75, 3.05) is 26.9 Å². The molecule has 0 bridgehead atoms. The molecule has 0 spiro atoms. The molecule has 114 valence electrons. The third-order valence-electron chi connectivity index (χ3n) is 3.97. The number of morpholine rings is 1. The monoisotopic (exact) mass is 291 g/mol. The Morgan fingerprint density at radius 2 is 2.24 bits per heavy atom. The van der Waals surface area contributed by atoms with Crippen molar-refractivity contribution >= 4 is 11.0 Å². The van der Waals surface area contributed by atoms with E-state index in [2.05, 4.69) is 11.8 Å². The van der Waals surface area contributed by atoms with E-state index in [-0.39, 0.29) is 12.7 Å². The van der Waals surface area contributed by atoms with Crippen molar-refractivity contribution < 1.29 is 19.0 Å². The molecule has 2 unspecified atom stereocenters. The van der Waals surface area contributed by atoms with E-state index in [1.807, 2.05) is 24.3 Å². The Kier molecular flexibility index (Phi) is 4.14. The number of aliphatic hydroxyl groups is 1. The van der Waals surface area contributed by atoms with Crippen LogP contribution >= 0.6 is 0 Å². The summed E-state index contributed by atoms with van der Waals surface area (Å²) in [5.41, 5.74) is 0.866. The lowest BCUT2D eigenvalue weighted by Gasteiger charge is -2.36. The molecule has 21 heavy (non-hydrogen) atoms. The van der Waals surface area contributed by atoms with Crippen LogP contribution in [-0.2, 0) is 11.3 Å². The number of hydrogen-bond acceptors (Lipinski definition) is 5. The van der Waals surface area contributed by atoms with Crippen LogP contribution in [0.15, 0.2) is 28.7 Å². The Hall–Kier alpha value is -1.56. The third-order valence-corrected chi connectivity index (χ3v) is 3.97. The molecule has 1 aromatic heterocycles. The van der Waals surface area contributed by atoms with E-state index in [9.17, 15) is 5.11 Å². The van der Waals surface area contributed by atoms with E-state index in [1.54, 1.807) is 7.11 Å². The molecule has 1 aromatic carbocycles. The fourth-order valence-electron chi connectivity index (χ4n) is 2.69. The van der Waals surface area contributed by atoms with E-state index >= 15 is 0 Å².